The molecule has 0 atom stereocenters. The van der Waals surface area contributed by atoms with Gasteiger partial charge in [0.05, 0.1) is 17.7 Å². The summed E-state index contributed by atoms with van der Waals surface area (Å²) >= 11 is 0. The zero-order chi connectivity index (χ0) is 12.3. The molecule has 0 aliphatic carbocycles. The first-order valence-corrected chi connectivity index (χ1v) is 4.91. The number of nitrogens with zero attached hydrogens (tertiary/aromatic N) is 3. The second kappa shape index (κ2) is 4.60. The summed E-state index contributed by atoms with van der Waals surface area (Å²) in [4.78, 5) is 14.1. The molecule has 88 valence electrons. The van der Waals surface area contributed by atoms with Crippen LogP contribution in [0.3, 0.4) is 0 Å². The molecule has 0 radical (unpaired) electrons. The summed E-state index contributed by atoms with van der Waals surface area (Å²) in [6.45, 7) is 2.10. The number of aryl methyl sites for hydroxylation is 1. The Morgan fingerprint density at radius 2 is 2.41 bits per heavy atom. The third-order valence-electron chi connectivity index (χ3n) is 2.21. The van der Waals surface area contributed by atoms with Crippen LogP contribution in [-0.4, -0.2) is 15.1 Å². The summed E-state index contributed by atoms with van der Waals surface area (Å²) in [6, 6.07) is 3.35. The second-order valence-corrected chi connectivity index (χ2v) is 3.45. The van der Waals surface area contributed by atoms with Gasteiger partial charge in [0.25, 0.3) is 5.69 Å². The number of hydrogen-bond donors (Lipinski definition) is 1. The van der Waals surface area contributed by atoms with Gasteiger partial charge >= 0.3 is 0 Å². The lowest BCUT2D eigenvalue weighted by atomic mass is 10.2. The third-order valence-corrected chi connectivity index (χ3v) is 2.21. The number of anilines is 1. The van der Waals surface area contributed by atoms with Gasteiger partial charge < -0.3 is 9.84 Å². The summed E-state index contributed by atoms with van der Waals surface area (Å²) in [5, 5.41) is 17.2. The van der Waals surface area contributed by atoms with E-state index in [2.05, 4.69) is 15.5 Å². The highest BCUT2D eigenvalue weighted by Gasteiger charge is 2.11. The molecule has 0 aliphatic rings. The lowest BCUT2D eigenvalue weighted by Gasteiger charge is -2.03. The summed E-state index contributed by atoms with van der Waals surface area (Å²) < 4.78 is 4.90. The Hall–Kier alpha value is -2.44. The first kappa shape index (κ1) is 11.1. The molecule has 0 spiro atoms. The Morgan fingerprint density at radius 1 is 1.59 bits per heavy atom. The zero-order valence-corrected chi connectivity index (χ0v) is 9.08. The lowest BCUT2D eigenvalue weighted by molar-refractivity contribution is -0.385. The fourth-order valence-electron chi connectivity index (χ4n) is 1.35. The molecule has 0 unspecified atom stereocenters. The molecular weight excluding hydrogens is 224 g/mol. The van der Waals surface area contributed by atoms with Gasteiger partial charge in [0.2, 0.25) is 0 Å². The summed E-state index contributed by atoms with van der Waals surface area (Å²) in [7, 11) is 0. The van der Waals surface area contributed by atoms with Crippen LogP contribution in [0, 0.1) is 17.0 Å². The van der Waals surface area contributed by atoms with Crippen LogP contribution < -0.4 is 5.32 Å². The van der Waals surface area contributed by atoms with Crippen molar-refractivity contribution < 1.29 is 9.45 Å². The van der Waals surface area contributed by atoms with E-state index in [1.165, 1.54) is 6.20 Å². The van der Waals surface area contributed by atoms with Gasteiger partial charge in [-0.25, -0.2) is 4.98 Å². The maximum Gasteiger partial charge on any atom is 0.290 e. The van der Waals surface area contributed by atoms with E-state index in [-0.39, 0.29) is 5.69 Å². The largest absolute Gasteiger partial charge is 0.363 e. The Balaban J connectivity index is 2.07. The van der Waals surface area contributed by atoms with Crippen LogP contribution in [0.4, 0.5) is 11.5 Å². The predicted octanol–water partition coefficient (Wildman–Crippen LogP) is 1.90. The highest BCUT2D eigenvalue weighted by Crippen LogP contribution is 2.19. The highest BCUT2D eigenvalue weighted by molar-refractivity contribution is 5.46. The number of nitro groups is 1. The van der Waals surface area contributed by atoms with E-state index in [9.17, 15) is 10.1 Å². The van der Waals surface area contributed by atoms with Crippen LogP contribution in [-0.2, 0) is 6.54 Å². The minimum Gasteiger partial charge on any atom is -0.363 e. The summed E-state index contributed by atoms with van der Waals surface area (Å²) in [6.07, 6.45) is 2.78. The van der Waals surface area contributed by atoms with Crippen molar-refractivity contribution in [3.8, 4) is 0 Å². The molecule has 0 aromatic carbocycles. The number of nitrogens with one attached hydrogen (secondary N) is 1. The van der Waals surface area contributed by atoms with Crippen LogP contribution in [0.15, 0.2) is 29.0 Å². The topological polar surface area (TPSA) is 94.1 Å². The first-order chi connectivity index (χ1) is 8.16. The van der Waals surface area contributed by atoms with Crippen LogP contribution >= 0.6 is 0 Å². The van der Waals surface area contributed by atoms with Gasteiger partial charge in [0.1, 0.15) is 12.0 Å². The highest BCUT2D eigenvalue weighted by atomic mass is 16.6. The van der Waals surface area contributed by atoms with Gasteiger partial charge in [-0.2, -0.15) is 0 Å². The molecule has 17 heavy (non-hydrogen) atoms. The van der Waals surface area contributed by atoms with Gasteiger partial charge in [0.15, 0.2) is 5.76 Å². The molecule has 2 rings (SSSR count). The molecule has 0 saturated carbocycles. The number of hydrogen-bond acceptors (Lipinski definition) is 6. The average molecular weight is 234 g/mol. The summed E-state index contributed by atoms with van der Waals surface area (Å²) in [5.74, 6) is 1.23. The van der Waals surface area contributed by atoms with E-state index in [1.807, 2.05) is 0 Å². The Bertz CT molecular complexity index is 524. The van der Waals surface area contributed by atoms with Gasteiger partial charge in [0, 0.05) is 11.6 Å². The fourth-order valence-corrected chi connectivity index (χ4v) is 1.35. The van der Waals surface area contributed by atoms with Crippen molar-refractivity contribution in [3.05, 3.63) is 46.0 Å². The van der Waals surface area contributed by atoms with E-state index in [0.29, 0.717) is 23.7 Å². The van der Waals surface area contributed by atoms with E-state index in [0.717, 1.165) is 0 Å². The molecule has 7 heteroatoms. The minimum atomic E-state index is -0.456. The Labute approximate surface area is 96.6 Å². The standard InChI is InChI=1S/C10H10N4O3/c1-7-4-10(12-6-9(7)14(15)16)11-5-8-2-3-13-17-8/h2-4,6H,5H2,1H3,(H,11,12). The number of aromatic nitrogens is 2. The van der Waals surface area contributed by atoms with Crippen LogP contribution in [0.2, 0.25) is 0 Å². The maximum atomic E-state index is 10.6. The van der Waals surface area contributed by atoms with Crippen molar-refractivity contribution in [2.45, 2.75) is 13.5 Å². The fraction of sp³-hybridized carbons (Fsp3) is 0.200. The molecule has 1 N–H and O–H groups in total. The van der Waals surface area contributed by atoms with Crippen molar-refractivity contribution in [3.63, 3.8) is 0 Å². The smallest absolute Gasteiger partial charge is 0.290 e. The van der Waals surface area contributed by atoms with Crippen molar-refractivity contribution in [1.29, 1.82) is 0 Å². The van der Waals surface area contributed by atoms with Crippen molar-refractivity contribution >= 4 is 11.5 Å². The molecule has 0 fully saturated rings. The normalized spacial score (nSPS) is 10.2. The van der Waals surface area contributed by atoms with Crippen molar-refractivity contribution in [2.75, 3.05) is 5.32 Å². The second-order valence-electron chi connectivity index (χ2n) is 3.45. The SMILES string of the molecule is Cc1cc(NCc2ccno2)ncc1[N+](=O)[O-]. The average Bonchev–Trinajstić information content (AvgIpc) is 2.78. The number of rotatable bonds is 4. The van der Waals surface area contributed by atoms with Gasteiger partial charge in [-0.1, -0.05) is 5.16 Å². The monoisotopic (exact) mass is 234 g/mol. The van der Waals surface area contributed by atoms with E-state index in [4.69, 9.17) is 4.52 Å². The van der Waals surface area contributed by atoms with Crippen molar-refractivity contribution in [2.24, 2.45) is 0 Å². The van der Waals surface area contributed by atoms with E-state index in [1.54, 1.807) is 25.3 Å². The van der Waals surface area contributed by atoms with Gasteiger partial charge in [-0.05, 0) is 13.0 Å². The first-order valence-electron chi connectivity index (χ1n) is 4.91. The van der Waals surface area contributed by atoms with Crippen molar-refractivity contribution in [1.82, 2.24) is 10.1 Å². The molecular formula is C10H10N4O3. The Morgan fingerprint density at radius 3 is 3.00 bits per heavy atom. The summed E-state index contributed by atoms with van der Waals surface area (Å²) in [5.41, 5.74) is 0.570. The molecule has 0 saturated heterocycles. The molecule has 2 aromatic heterocycles. The Kier molecular flexibility index (Phi) is 2.99. The van der Waals surface area contributed by atoms with Crippen LogP contribution in [0.5, 0.6) is 0 Å². The van der Waals surface area contributed by atoms with Crippen LogP contribution in [0.1, 0.15) is 11.3 Å². The maximum absolute atomic E-state index is 10.6. The molecule has 0 aliphatic heterocycles. The zero-order valence-electron chi connectivity index (χ0n) is 9.08. The molecule has 7 nitrogen and oxygen atoms in total. The van der Waals surface area contributed by atoms with Gasteiger partial charge in [-0.3, -0.25) is 10.1 Å². The lowest BCUT2D eigenvalue weighted by Crippen LogP contribution is -2.02. The molecule has 2 aromatic rings. The van der Waals surface area contributed by atoms with Crippen LogP contribution in [0.25, 0.3) is 0 Å². The molecule has 2 heterocycles. The quantitative estimate of drug-likeness (QED) is 0.641. The molecule has 0 amide bonds. The van der Waals surface area contributed by atoms with E-state index >= 15 is 0 Å². The third kappa shape index (κ3) is 2.57. The van der Waals surface area contributed by atoms with E-state index < -0.39 is 4.92 Å². The predicted molar refractivity (Wildman–Crippen MR) is 59.5 cm³/mol. The molecule has 0 bridgehead atoms. The number of pyridine rings is 1. The van der Waals surface area contributed by atoms with Gasteiger partial charge in [-0.15, -0.1) is 0 Å². The minimum absolute atomic E-state index is 0.00946.